The number of anilines is 1. The van der Waals surface area contributed by atoms with Gasteiger partial charge in [-0.15, -0.1) is 0 Å². The van der Waals surface area contributed by atoms with Gasteiger partial charge in [-0.05, 0) is 53.9 Å². The number of nitrogens with one attached hydrogen (secondary N) is 1. The molecule has 2 atom stereocenters. The van der Waals surface area contributed by atoms with E-state index in [1.165, 1.54) is 0 Å². The standard InChI is InChI=1S/C17H29N5O/c1-16(2,3)22-14(18)9-13(20-22)11-6-7-12(8-11)21-10-17(4,5)19-15(21)23/h9,11-12H,6-8,10,18H2,1-5H3,(H,19,23)/t11?,12-/m1/s1. The van der Waals surface area contributed by atoms with E-state index in [1.54, 1.807) is 0 Å². The summed E-state index contributed by atoms with van der Waals surface area (Å²) in [4.78, 5) is 14.2. The van der Waals surface area contributed by atoms with E-state index in [1.807, 2.05) is 15.6 Å². The van der Waals surface area contributed by atoms with E-state index in [0.29, 0.717) is 12.0 Å². The van der Waals surface area contributed by atoms with Crippen LogP contribution in [0.2, 0.25) is 0 Å². The van der Waals surface area contributed by atoms with Gasteiger partial charge in [0.25, 0.3) is 0 Å². The van der Waals surface area contributed by atoms with E-state index >= 15 is 0 Å². The van der Waals surface area contributed by atoms with Crippen LogP contribution in [-0.2, 0) is 5.54 Å². The van der Waals surface area contributed by atoms with Gasteiger partial charge < -0.3 is 16.0 Å². The average Bonchev–Trinajstić information content (AvgIpc) is 3.05. The summed E-state index contributed by atoms with van der Waals surface area (Å²) in [5.41, 5.74) is 6.96. The van der Waals surface area contributed by atoms with E-state index in [-0.39, 0.29) is 17.1 Å². The molecule has 1 aliphatic carbocycles. The molecule has 2 fully saturated rings. The summed E-state index contributed by atoms with van der Waals surface area (Å²) in [5.74, 6) is 1.11. The van der Waals surface area contributed by atoms with Gasteiger partial charge in [-0.25, -0.2) is 9.48 Å². The van der Waals surface area contributed by atoms with Crippen LogP contribution in [0.3, 0.4) is 0 Å². The van der Waals surface area contributed by atoms with Crippen LogP contribution >= 0.6 is 0 Å². The van der Waals surface area contributed by atoms with Gasteiger partial charge in [0.1, 0.15) is 5.82 Å². The number of amides is 2. The second-order valence-electron chi connectivity index (χ2n) is 8.68. The molecule has 2 heterocycles. The van der Waals surface area contributed by atoms with E-state index in [2.05, 4.69) is 39.9 Å². The van der Waals surface area contributed by atoms with Crippen LogP contribution < -0.4 is 11.1 Å². The fourth-order valence-corrected chi connectivity index (χ4v) is 3.85. The van der Waals surface area contributed by atoms with Gasteiger partial charge in [0.15, 0.2) is 0 Å². The van der Waals surface area contributed by atoms with Gasteiger partial charge in [-0.1, -0.05) is 0 Å². The number of carbonyl (C=O) groups is 1. The van der Waals surface area contributed by atoms with Crippen LogP contribution in [0.25, 0.3) is 0 Å². The third kappa shape index (κ3) is 3.03. The molecule has 6 nitrogen and oxygen atoms in total. The summed E-state index contributed by atoms with van der Waals surface area (Å²) in [6.45, 7) is 11.2. The minimum absolute atomic E-state index is 0.0698. The largest absolute Gasteiger partial charge is 0.384 e. The molecule has 0 bridgehead atoms. The first kappa shape index (κ1) is 16.1. The van der Waals surface area contributed by atoms with Crippen LogP contribution in [0.1, 0.15) is 65.5 Å². The quantitative estimate of drug-likeness (QED) is 0.880. The second kappa shape index (κ2) is 5.14. The Morgan fingerprint density at radius 1 is 1.35 bits per heavy atom. The van der Waals surface area contributed by atoms with Gasteiger partial charge in [0, 0.05) is 24.6 Å². The molecule has 0 spiro atoms. The molecule has 1 aliphatic heterocycles. The fraction of sp³-hybridized carbons (Fsp3) is 0.765. The van der Waals surface area contributed by atoms with Crippen LogP contribution in [-0.4, -0.2) is 38.8 Å². The zero-order chi connectivity index (χ0) is 17.0. The summed E-state index contributed by atoms with van der Waals surface area (Å²) in [7, 11) is 0. The molecule has 1 aromatic heterocycles. The number of nitrogens with two attached hydrogens (primary N) is 1. The highest BCUT2D eigenvalue weighted by Gasteiger charge is 2.41. The number of aromatic nitrogens is 2. The Bertz CT molecular complexity index is 613. The minimum atomic E-state index is -0.132. The molecule has 0 aromatic carbocycles. The van der Waals surface area contributed by atoms with Crippen molar-refractivity contribution in [2.24, 2.45) is 0 Å². The van der Waals surface area contributed by atoms with Crippen molar-refractivity contribution in [1.29, 1.82) is 0 Å². The number of carbonyl (C=O) groups excluding carboxylic acids is 1. The highest BCUT2D eigenvalue weighted by molar-refractivity contribution is 5.78. The maximum absolute atomic E-state index is 12.2. The molecule has 6 heteroatoms. The number of nitrogen functional groups attached to an aromatic ring is 1. The maximum Gasteiger partial charge on any atom is 0.318 e. The van der Waals surface area contributed by atoms with Crippen molar-refractivity contribution < 1.29 is 4.79 Å². The number of urea groups is 1. The summed E-state index contributed by atoms with van der Waals surface area (Å²) in [6, 6.07) is 2.38. The van der Waals surface area contributed by atoms with Crippen molar-refractivity contribution in [2.75, 3.05) is 12.3 Å². The lowest BCUT2D eigenvalue weighted by atomic mass is 10.0. The minimum Gasteiger partial charge on any atom is -0.384 e. The van der Waals surface area contributed by atoms with Gasteiger partial charge >= 0.3 is 6.03 Å². The van der Waals surface area contributed by atoms with Gasteiger partial charge in [0.05, 0.1) is 16.8 Å². The number of nitrogens with zero attached hydrogens (tertiary/aromatic N) is 3. The van der Waals surface area contributed by atoms with Gasteiger partial charge in [-0.3, -0.25) is 0 Å². The first-order chi connectivity index (χ1) is 10.6. The molecule has 1 saturated heterocycles. The SMILES string of the molecule is CC1(C)CN([C@@H]2CCC(c3cc(N)n(C(C)(C)C)n3)C2)C(=O)N1. The van der Waals surface area contributed by atoms with Gasteiger partial charge in [-0.2, -0.15) is 5.10 Å². The molecule has 0 radical (unpaired) electrons. The zero-order valence-electron chi connectivity index (χ0n) is 14.9. The molecular formula is C17H29N5O. The Balaban J connectivity index is 1.72. The second-order valence-corrected chi connectivity index (χ2v) is 8.68. The topological polar surface area (TPSA) is 76.2 Å². The van der Waals surface area contributed by atoms with Gasteiger partial charge in [0.2, 0.25) is 0 Å². The average molecular weight is 319 g/mol. The van der Waals surface area contributed by atoms with Crippen molar-refractivity contribution in [1.82, 2.24) is 20.0 Å². The molecule has 3 N–H and O–H groups in total. The van der Waals surface area contributed by atoms with E-state index in [4.69, 9.17) is 10.8 Å². The molecule has 1 unspecified atom stereocenters. The van der Waals surface area contributed by atoms with Crippen LogP contribution in [0, 0.1) is 0 Å². The first-order valence-electron chi connectivity index (χ1n) is 8.51. The van der Waals surface area contributed by atoms with E-state index < -0.39 is 0 Å². The molecule has 1 saturated carbocycles. The highest BCUT2D eigenvalue weighted by Crippen LogP contribution is 2.38. The van der Waals surface area contributed by atoms with Crippen molar-refractivity contribution in [2.45, 2.75) is 76.9 Å². The smallest absolute Gasteiger partial charge is 0.318 e. The zero-order valence-corrected chi connectivity index (χ0v) is 14.9. The van der Waals surface area contributed by atoms with Crippen molar-refractivity contribution >= 4 is 11.8 Å². The molecule has 23 heavy (non-hydrogen) atoms. The summed E-state index contributed by atoms with van der Waals surface area (Å²) in [6.07, 6.45) is 3.08. The van der Waals surface area contributed by atoms with Crippen molar-refractivity contribution in [3.63, 3.8) is 0 Å². The maximum atomic E-state index is 12.2. The Morgan fingerprint density at radius 2 is 2.04 bits per heavy atom. The molecule has 128 valence electrons. The molecule has 1 aromatic rings. The Hall–Kier alpha value is -1.72. The highest BCUT2D eigenvalue weighted by atomic mass is 16.2. The third-order valence-electron chi connectivity index (χ3n) is 4.93. The lowest BCUT2D eigenvalue weighted by molar-refractivity contribution is 0.197. The summed E-state index contributed by atoms with van der Waals surface area (Å²) < 4.78 is 1.90. The summed E-state index contributed by atoms with van der Waals surface area (Å²) in [5, 5.41) is 7.80. The van der Waals surface area contributed by atoms with E-state index in [9.17, 15) is 4.79 Å². The lowest BCUT2D eigenvalue weighted by Gasteiger charge is -2.24. The predicted molar refractivity (Wildman–Crippen MR) is 91.3 cm³/mol. The normalized spacial score (nSPS) is 27.5. The monoisotopic (exact) mass is 319 g/mol. The Morgan fingerprint density at radius 3 is 2.57 bits per heavy atom. The number of hydrogen-bond donors (Lipinski definition) is 2. The summed E-state index contributed by atoms with van der Waals surface area (Å²) >= 11 is 0. The molecule has 2 aliphatic rings. The lowest BCUT2D eigenvalue weighted by Crippen LogP contribution is -2.36. The Labute approximate surface area is 138 Å². The number of hydrogen-bond acceptors (Lipinski definition) is 3. The fourth-order valence-electron chi connectivity index (χ4n) is 3.85. The van der Waals surface area contributed by atoms with Crippen LogP contribution in [0.4, 0.5) is 10.6 Å². The van der Waals surface area contributed by atoms with Crippen molar-refractivity contribution in [3.8, 4) is 0 Å². The predicted octanol–water partition coefficient (Wildman–Crippen LogP) is 2.66. The first-order valence-corrected chi connectivity index (χ1v) is 8.51. The molecular weight excluding hydrogens is 290 g/mol. The molecule has 3 rings (SSSR count). The van der Waals surface area contributed by atoms with E-state index in [0.717, 1.165) is 37.3 Å². The van der Waals surface area contributed by atoms with Crippen LogP contribution in [0.5, 0.6) is 0 Å². The third-order valence-corrected chi connectivity index (χ3v) is 4.93. The van der Waals surface area contributed by atoms with Crippen molar-refractivity contribution in [3.05, 3.63) is 11.8 Å². The molecule has 2 amide bonds. The van der Waals surface area contributed by atoms with Crippen LogP contribution in [0.15, 0.2) is 6.07 Å². The Kier molecular flexibility index (Phi) is 3.61. The number of rotatable bonds is 2.